The zero-order valence-electron chi connectivity index (χ0n) is 8.53. The molecule has 0 aliphatic heterocycles. The van der Waals surface area contributed by atoms with Gasteiger partial charge in [-0.3, -0.25) is 0 Å². The number of aromatic nitrogens is 2. The summed E-state index contributed by atoms with van der Waals surface area (Å²) in [5.41, 5.74) is 5.72. The van der Waals surface area contributed by atoms with E-state index in [9.17, 15) is 0 Å². The highest BCUT2D eigenvalue weighted by Crippen LogP contribution is 2.17. The maximum atomic E-state index is 5.72. The van der Waals surface area contributed by atoms with E-state index in [0.717, 1.165) is 6.42 Å². The summed E-state index contributed by atoms with van der Waals surface area (Å²) in [6.07, 6.45) is 6.53. The zero-order valence-corrected chi connectivity index (χ0v) is 8.53. The van der Waals surface area contributed by atoms with Gasteiger partial charge in [0, 0.05) is 12.3 Å². The van der Waals surface area contributed by atoms with E-state index >= 15 is 0 Å². The van der Waals surface area contributed by atoms with Crippen LogP contribution in [0.3, 0.4) is 0 Å². The van der Waals surface area contributed by atoms with E-state index in [4.69, 9.17) is 16.7 Å². The average molecular weight is 193 g/mol. The van der Waals surface area contributed by atoms with Crippen molar-refractivity contribution in [1.29, 1.82) is 0 Å². The number of nitrogens with zero attached hydrogens (tertiary/aromatic N) is 2. The number of hydrogen-bond acceptors (Lipinski definition) is 4. The van der Waals surface area contributed by atoms with Gasteiger partial charge in [-0.1, -0.05) is 19.0 Å². The molecule has 4 nitrogen and oxygen atoms in total. The summed E-state index contributed by atoms with van der Waals surface area (Å²) in [5.74, 6) is 3.90. The maximum Gasteiger partial charge on any atom is 0.244 e. The Morgan fingerprint density at radius 3 is 2.93 bits per heavy atom. The molecule has 0 aliphatic rings. The summed E-state index contributed by atoms with van der Waals surface area (Å²) in [6.45, 7) is 4.11. The van der Waals surface area contributed by atoms with Crippen LogP contribution >= 0.6 is 0 Å². The normalized spacial score (nSPS) is 14.7. The zero-order chi connectivity index (χ0) is 10.6. The fourth-order valence-electron chi connectivity index (χ4n) is 0.995. The quantitative estimate of drug-likeness (QED) is 0.738. The van der Waals surface area contributed by atoms with Crippen molar-refractivity contribution in [1.82, 2.24) is 10.1 Å². The molecule has 1 rings (SSSR count). The summed E-state index contributed by atoms with van der Waals surface area (Å²) in [5, 5.41) is 3.86. The van der Waals surface area contributed by atoms with Gasteiger partial charge in [-0.15, -0.1) is 12.3 Å². The molecule has 1 aromatic rings. The van der Waals surface area contributed by atoms with Crippen molar-refractivity contribution >= 4 is 0 Å². The van der Waals surface area contributed by atoms with Crippen molar-refractivity contribution in [2.45, 2.75) is 38.6 Å². The van der Waals surface area contributed by atoms with E-state index in [2.05, 4.69) is 23.0 Å². The highest BCUT2D eigenvalue weighted by molar-refractivity contribution is 5.00. The molecular weight excluding hydrogens is 178 g/mol. The second-order valence-corrected chi connectivity index (χ2v) is 3.31. The second-order valence-electron chi connectivity index (χ2n) is 3.31. The highest BCUT2D eigenvalue weighted by atomic mass is 16.5. The minimum Gasteiger partial charge on any atom is -0.338 e. The molecule has 4 heteroatoms. The third kappa shape index (κ3) is 2.33. The van der Waals surface area contributed by atoms with Crippen LogP contribution in [0.15, 0.2) is 4.52 Å². The van der Waals surface area contributed by atoms with Crippen LogP contribution in [0.5, 0.6) is 0 Å². The Morgan fingerprint density at radius 1 is 1.64 bits per heavy atom. The molecule has 14 heavy (non-hydrogen) atoms. The number of rotatable bonds is 4. The van der Waals surface area contributed by atoms with E-state index in [0.29, 0.717) is 24.1 Å². The third-order valence-electron chi connectivity index (χ3n) is 2.17. The van der Waals surface area contributed by atoms with Crippen LogP contribution in [-0.2, 0) is 0 Å². The van der Waals surface area contributed by atoms with E-state index in [1.54, 1.807) is 0 Å². The van der Waals surface area contributed by atoms with Gasteiger partial charge in [0.2, 0.25) is 5.89 Å². The molecule has 0 aromatic carbocycles. The van der Waals surface area contributed by atoms with Crippen LogP contribution in [0, 0.1) is 12.3 Å². The number of hydrogen-bond donors (Lipinski definition) is 1. The molecule has 1 aromatic heterocycles. The first kappa shape index (κ1) is 10.7. The molecule has 2 unspecified atom stereocenters. The van der Waals surface area contributed by atoms with Crippen molar-refractivity contribution in [3.8, 4) is 12.3 Å². The molecule has 0 radical (unpaired) electrons. The summed E-state index contributed by atoms with van der Waals surface area (Å²) in [6, 6.07) is -0.342. The Labute approximate surface area is 83.9 Å². The van der Waals surface area contributed by atoms with Gasteiger partial charge in [0.1, 0.15) is 0 Å². The van der Waals surface area contributed by atoms with Crippen molar-refractivity contribution in [3.05, 3.63) is 11.7 Å². The van der Waals surface area contributed by atoms with E-state index in [-0.39, 0.29) is 6.04 Å². The largest absolute Gasteiger partial charge is 0.338 e. The third-order valence-corrected chi connectivity index (χ3v) is 2.17. The second kappa shape index (κ2) is 4.77. The fourth-order valence-corrected chi connectivity index (χ4v) is 0.995. The van der Waals surface area contributed by atoms with Gasteiger partial charge in [-0.25, -0.2) is 0 Å². The van der Waals surface area contributed by atoms with Crippen molar-refractivity contribution in [2.75, 3.05) is 0 Å². The molecule has 0 fully saturated rings. The fraction of sp³-hybridized carbons (Fsp3) is 0.600. The van der Waals surface area contributed by atoms with Crippen LogP contribution in [0.4, 0.5) is 0 Å². The van der Waals surface area contributed by atoms with Gasteiger partial charge in [-0.2, -0.15) is 4.98 Å². The van der Waals surface area contributed by atoms with Crippen molar-refractivity contribution in [2.24, 2.45) is 5.73 Å². The summed E-state index contributed by atoms with van der Waals surface area (Å²) >= 11 is 0. The van der Waals surface area contributed by atoms with Gasteiger partial charge in [-0.05, 0) is 6.42 Å². The molecule has 0 bridgehead atoms. The molecule has 2 atom stereocenters. The lowest BCUT2D eigenvalue weighted by atomic mass is 10.1. The van der Waals surface area contributed by atoms with Crippen LogP contribution in [0.2, 0.25) is 0 Å². The van der Waals surface area contributed by atoms with E-state index < -0.39 is 0 Å². The number of terminal acetylenes is 1. The standard InChI is InChI=1S/C10H15N3O/c1-4-6-8(11)10-12-9(13-14-10)7(3)5-2/h1,7-8H,5-6,11H2,2-3H3. The molecule has 76 valence electrons. The first-order valence-corrected chi connectivity index (χ1v) is 4.71. The minimum absolute atomic E-state index is 0.297. The SMILES string of the molecule is C#CCC(N)c1nc(C(C)CC)no1. The van der Waals surface area contributed by atoms with Gasteiger partial charge in [0.05, 0.1) is 6.04 Å². The lowest BCUT2D eigenvalue weighted by molar-refractivity contribution is 0.350. The summed E-state index contributed by atoms with van der Waals surface area (Å²) in [4.78, 5) is 4.20. The number of nitrogens with two attached hydrogens (primary N) is 1. The van der Waals surface area contributed by atoms with Crippen molar-refractivity contribution in [3.63, 3.8) is 0 Å². The molecule has 2 N–H and O–H groups in total. The van der Waals surface area contributed by atoms with Gasteiger partial charge < -0.3 is 10.3 Å². The topological polar surface area (TPSA) is 64.9 Å². The molecular formula is C10H15N3O. The van der Waals surface area contributed by atoms with Crippen LogP contribution in [-0.4, -0.2) is 10.1 Å². The lowest BCUT2D eigenvalue weighted by Crippen LogP contribution is -2.09. The summed E-state index contributed by atoms with van der Waals surface area (Å²) < 4.78 is 5.02. The predicted octanol–water partition coefficient (Wildman–Crippen LogP) is 1.61. The first-order valence-electron chi connectivity index (χ1n) is 4.71. The Balaban J connectivity index is 2.73. The Bertz CT molecular complexity index is 326. The summed E-state index contributed by atoms with van der Waals surface area (Å²) in [7, 11) is 0. The molecule has 0 spiro atoms. The molecule has 0 amide bonds. The van der Waals surface area contributed by atoms with Crippen LogP contribution < -0.4 is 5.73 Å². The average Bonchev–Trinajstić information content (AvgIpc) is 2.66. The van der Waals surface area contributed by atoms with E-state index in [1.165, 1.54) is 0 Å². The van der Waals surface area contributed by atoms with Crippen LogP contribution in [0.1, 0.15) is 50.4 Å². The predicted molar refractivity (Wildman–Crippen MR) is 53.4 cm³/mol. The van der Waals surface area contributed by atoms with Gasteiger partial charge >= 0.3 is 0 Å². The van der Waals surface area contributed by atoms with Crippen molar-refractivity contribution < 1.29 is 4.52 Å². The van der Waals surface area contributed by atoms with Gasteiger partial charge in [0.25, 0.3) is 0 Å². The molecule has 1 heterocycles. The Hall–Kier alpha value is -1.34. The Morgan fingerprint density at radius 2 is 2.36 bits per heavy atom. The monoisotopic (exact) mass is 193 g/mol. The maximum absolute atomic E-state index is 5.72. The van der Waals surface area contributed by atoms with Gasteiger partial charge in [0.15, 0.2) is 5.82 Å². The van der Waals surface area contributed by atoms with E-state index in [1.807, 2.05) is 6.92 Å². The minimum atomic E-state index is -0.342. The molecule has 0 saturated heterocycles. The highest BCUT2D eigenvalue weighted by Gasteiger charge is 2.16. The molecule has 0 aliphatic carbocycles. The van der Waals surface area contributed by atoms with Crippen LogP contribution in [0.25, 0.3) is 0 Å². The first-order chi connectivity index (χ1) is 6.69. The Kier molecular flexibility index (Phi) is 3.66. The smallest absolute Gasteiger partial charge is 0.244 e. The molecule has 0 saturated carbocycles. The lowest BCUT2D eigenvalue weighted by Gasteiger charge is -2.00.